The Morgan fingerprint density at radius 2 is 2.00 bits per heavy atom. The first-order valence-corrected chi connectivity index (χ1v) is 3.12. The second kappa shape index (κ2) is 4.06. The fourth-order valence-electron chi connectivity index (χ4n) is 0.500. The van der Waals surface area contributed by atoms with Crippen molar-refractivity contribution < 1.29 is 9.90 Å². The van der Waals surface area contributed by atoms with Crippen molar-refractivity contribution in [3.8, 4) is 0 Å². The van der Waals surface area contributed by atoms with Gasteiger partial charge in [-0.15, -0.1) is 0 Å². The van der Waals surface area contributed by atoms with Crippen molar-refractivity contribution in [1.82, 2.24) is 5.32 Å². The number of aliphatic hydroxyl groups excluding tert-OH is 1. The molecule has 0 unspecified atom stereocenters. The third-order valence-electron chi connectivity index (χ3n) is 1.44. The zero-order valence-corrected chi connectivity index (χ0v) is 6.56. The summed E-state index contributed by atoms with van der Waals surface area (Å²) in [5.41, 5.74) is 1.30. The third kappa shape index (κ3) is 2.19. The van der Waals surface area contributed by atoms with Crippen molar-refractivity contribution in [2.24, 2.45) is 0 Å². The van der Waals surface area contributed by atoms with E-state index in [-0.39, 0.29) is 12.5 Å². The molecule has 1 amide bonds. The van der Waals surface area contributed by atoms with Gasteiger partial charge in [0.25, 0.3) is 0 Å². The van der Waals surface area contributed by atoms with Crippen LogP contribution in [0.15, 0.2) is 11.1 Å². The second-order valence-corrected chi connectivity index (χ2v) is 2.14. The van der Waals surface area contributed by atoms with Crippen LogP contribution in [0, 0.1) is 0 Å². The van der Waals surface area contributed by atoms with Gasteiger partial charge in [-0.2, -0.15) is 0 Å². The molecule has 0 rings (SSSR count). The Morgan fingerprint density at radius 3 is 2.30 bits per heavy atom. The van der Waals surface area contributed by atoms with E-state index in [0.29, 0.717) is 11.1 Å². The minimum Gasteiger partial charge on any atom is -0.392 e. The Morgan fingerprint density at radius 1 is 1.50 bits per heavy atom. The van der Waals surface area contributed by atoms with Crippen molar-refractivity contribution in [2.45, 2.75) is 13.8 Å². The lowest BCUT2D eigenvalue weighted by atomic mass is 10.1. The third-order valence-corrected chi connectivity index (χ3v) is 1.44. The van der Waals surface area contributed by atoms with Crippen LogP contribution in [-0.2, 0) is 4.79 Å². The lowest BCUT2D eigenvalue weighted by molar-refractivity contribution is -0.117. The van der Waals surface area contributed by atoms with Crippen molar-refractivity contribution in [2.75, 3.05) is 13.7 Å². The van der Waals surface area contributed by atoms with Crippen LogP contribution in [0.2, 0.25) is 0 Å². The Bertz CT molecular complexity index is 161. The van der Waals surface area contributed by atoms with Gasteiger partial charge in [-0.25, -0.2) is 0 Å². The highest BCUT2D eigenvalue weighted by atomic mass is 16.3. The standard InChI is InChI=1S/C7H13NO2/c1-5(4-9)6(2)7(10)8-3/h9H,4H2,1-3H3,(H,8,10)/b6-5-. The van der Waals surface area contributed by atoms with Crippen LogP contribution < -0.4 is 5.32 Å². The topological polar surface area (TPSA) is 49.3 Å². The molecule has 0 saturated heterocycles. The maximum Gasteiger partial charge on any atom is 0.246 e. The summed E-state index contributed by atoms with van der Waals surface area (Å²) in [7, 11) is 1.57. The van der Waals surface area contributed by atoms with Crippen LogP contribution >= 0.6 is 0 Å². The maximum atomic E-state index is 10.8. The molecular formula is C7H13NO2. The van der Waals surface area contributed by atoms with Crippen LogP contribution in [0.1, 0.15) is 13.8 Å². The number of amides is 1. The molecule has 0 aliphatic carbocycles. The molecule has 0 aromatic rings. The molecule has 0 atom stereocenters. The second-order valence-electron chi connectivity index (χ2n) is 2.14. The van der Waals surface area contributed by atoms with E-state index < -0.39 is 0 Å². The van der Waals surface area contributed by atoms with Crippen molar-refractivity contribution in [3.05, 3.63) is 11.1 Å². The molecule has 3 nitrogen and oxygen atoms in total. The number of hydrogen-bond acceptors (Lipinski definition) is 2. The summed E-state index contributed by atoms with van der Waals surface area (Å²) in [6.07, 6.45) is 0. The molecule has 0 aliphatic rings. The molecule has 0 saturated carbocycles. The Labute approximate surface area is 60.7 Å². The van der Waals surface area contributed by atoms with Crippen LogP contribution in [0.4, 0.5) is 0 Å². The lowest BCUT2D eigenvalue weighted by Crippen LogP contribution is -2.20. The van der Waals surface area contributed by atoms with Gasteiger partial charge in [0.2, 0.25) is 5.91 Å². The molecule has 0 radical (unpaired) electrons. The van der Waals surface area contributed by atoms with Crippen LogP contribution in [-0.4, -0.2) is 24.7 Å². The normalized spacial score (nSPS) is 12.4. The van der Waals surface area contributed by atoms with Crippen LogP contribution in [0.3, 0.4) is 0 Å². The maximum absolute atomic E-state index is 10.8. The minimum absolute atomic E-state index is 0.0563. The highest BCUT2D eigenvalue weighted by Gasteiger charge is 2.02. The number of aliphatic hydroxyl groups is 1. The van der Waals surface area contributed by atoms with E-state index in [0.717, 1.165) is 0 Å². The Kier molecular flexibility index (Phi) is 3.72. The molecule has 0 aromatic carbocycles. The monoisotopic (exact) mass is 143 g/mol. The summed E-state index contributed by atoms with van der Waals surface area (Å²) in [5, 5.41) is 11.1. The molecule has 10 heavy (non-hydrogen) atoms. The summed E-state index contributed by atoms with van der Waals surface area (Å²) < 4.78 is 0. The molecule has 0 bridgehead atoms. The Balaban J connectivity index is 4.30. The fraction of sp³-hybridized carbons (Fsp3) is 0.571. The van der Waals surface area contributed by atoms with Gasteiger partial charge in [-0.05, 0) is 19.4 Å². The SMILES string of the molecule is CNC(=O)/C(C)=C(/C)CO. The molecule has 2 N–H and O–H groups in total. The van der Waals surface area contributed by atoms with Crippen molar-refractivity contribution in [3.63, 3.8) is 0 Å². The summed E-state index contributed by atoms with van der Waals surface area (Å²) in [5.74, 6) is -0.133. The zero-order chi connectivity index (χ0) is 8.15. The average molecular weight is 143 g/mol. The van der Waals surface area contributed by atoms with Gasteiger partial charge in [0.1, 0.15) is 0 Å². The molecular weight excluding hydrogens is 130 g/mol. The predicted molar refractivity (Wildman–Crippen MR) is 39.5 cm³/mol. The molecule has 0 spiro atoms. The van der Waals surface area contributed by atoms with E-state index in [1.54, 1.807) is 20.9 Å². The molecule has 0 heterocycles. The largest absolute Gasteiger partial charge is 0.392 e. The number of rotatable bonds is 2. The van der Waals surface area contributed by atoms with E-state index in [9.17, 15) is 4.79 Å². The summed E-state index contributed by atoms with van der Waals surface area (Å²) >= 11 is 0. The smallest absolute Gasteiger partial charge is 0.246 e. The number of hydrogen-bond donors (Lipinski definition) is 2. The van der Waals surface area contributed by atoms with Crippen LogP contribution in [0.5, 0.6) is 0 Å². The van der Waals surface area contributed by atoms with Gasteiger partial charge < -0.3 is 10.4 Å². The first kappa shape index (κ1) is 9.17. The zero-order valence-electron chi connectivity index (χ0n) is 6.56. The number of carbonyl (C=O) groups excluding carboxylic acids is 1. The lowest BCUT2D eigenvalue weighted by Gasteiger charge is -2.02. The highest BCUT2D eigenvalue weighted by Crippen LogP contribution is 2.00. The van der Waals surface area contributed by atoms with Gasteiger partial charge in [-0.3, -0.25) is 4.79 Å². The minimum atomic E-state index is -0.133. The molecule has 0 aliphatic heterocycles. The summed E-state index contributed by atoms with van der Waals surface area (Å²) in [6, 6.07) is 0. The van der Waals surface area contributed by atoms with Crippen molar-refractivity contribution >= 4 is 5.91 Å². The van der Waals surface area contributed by atoms with Gasteiger partial charge in [0.05, 0.1) is 6.61 Å². The van der Waals surface area contributed by atoms with Gasteiger partial charge in [0, 0.05) is 12.6 Å². The van der Waals surface area contributed by atoms with Gasteiger partial charge >= 0.3 is 0 Å². The van der Waals surface area contributed by atoms with Crippen molar-refractivity contribution in [1.29, 1.82) is 0 Å². The Hall–Kier alpha value is -0.830. The average Bonchev–Trinajstić information content (AvgIpc) is 2.00. The van der Waals surface area contributed by atoms with E-state index in [4.69, 9.17) is 5.11 Å². The van der Waals surface area contributed by atoms with E-state index in [1.807, 2.05) is 0 Å². The number of carbonyl (C=O) groups is 1. The predicted octanol–water partition coefficient (Wildman–Crippen LogP) is 0.0611. The van der Waals surface area contributed by atoms with E-state index in [1.165, 1.54) is 0 Å². The first-order valence-electron chi connectivity index (χ1n) is 3.12. The number of likely N-dealkylation sites (N-methyl/N-ethyl adjacent to an activating group) is 1. The number of nitrogens with one attached hydrogen (secondary N) is 1. The summed E-state index contributed by atoms with van der Waals surface area (Å²) in [6.45, 7) is 3.36. The highest BCUT2D eigenvalue weighted by molar-refractivity contribution is 5.93. The van der Waals surface area contributed by atoms with Gasteiger partial charge in [0.15, 0.2) is 0 Å². The fourth-order valence-corrected chi connectivity index (χ4v) is 0.500. The van der Waals surface area contributed by atoms with Crippen LogP contribution in [0.25, 0.3) is 0 Å². The first-order chi connectivity index (χ1) is 4.63. The van der Waals surface area contributed by atoms with E-state index in [2.05, 4.69) is 5.32 Å². The molecule has 3 heteroatoms. The van der Waals surface area contributed by atoms with Gasteiger partial charge in [-0.1, -0.05) is 0 Å². The quantitative estimate of drug-likeness (QED) is 0.537. The summed E-state index contributed by atoms with van der Waals surface area (Å²) in [4.78, 5) is 10.8. The molecule has 0 fully saturated rings. The van der Waals surface area contributed by atoms with E-state index >= 15 is 0 Å². The molecule has 0 aromatic heterocycles. The molecule has 58 valence electrons.